The van der Waals surface area contributed by atoms with Crippen molar-refractivity contribution in [3.05, 3.63) is 47.8 Å². The number of benzene rings is 1. The van der Waals surface area contributed by atoms with Gasteiger partial charge < -0.3 is 16.8 Å². The summed E-state index contributed by atoms with van der Waals surface area (Å²) < 4.78 is 1.37. The standard InChI is InChI=1S/C17H23N5O2.ClH/c1-3-17(4-2,11-18)20-16(24)13-10-14(15(19)23)22(21-13)12-8-6-5-7-9-12;/h5-10H,3-4,11,18H2,1-2H3,(H2,19,23)(H,20,24);1H. The second kappa shape index (κ2) is 8.64. The van der Waals surface area contributed by atoms with Gasteiger partial charge in [-0.15, -0.1) is 12.4 Å². The molecule has 136 valence electrons. The molecule has 5 N–H and O–H groups in total. The van der Waals surface area contributed by atoms with Crippen molar-refractivity contribution in [2.75, 3.05) is 6.54 Å². The van der Waals surface area contributed by atoms with Gasteiger partial charge in [-0.1, -0.05) is 32.0 Å². The molecule has 0 fully saturated rings. The maximum absolute atomic E-state index is 12.6. The van der Waals surface area contributed by atoms with Crippen molar-refractivity contribution in [1.82, 2.24) is 15.1 Å². The van der Waals surface area contributed by atoms with E-state index >= 15 is 0 Å². The van der Waals surface area contributed by atoms with Gasteiger partial charge in [0.15, 0.2) is 5.69 Å². The van der Waals surface area contributed by atoms with Crippen LogP contribution in [0.2, 0.25) is 0 Å². The van der Waals surface area contributed by atoms with E-state index in [-0.39, 0.29) is 29.7 Å². The molecule has 7 nitrogen and oxygen atoms in total. The number of carbonyl (C=O) groups is 2. The van der Waals surface area contributed by atoms with Crippen LogP contribution in [0.1, 0.15) is 47.7 Å². The van der Waals surface area contributed by atoms with Crippen LogP contribution >= 0.6 is 12.4 Å². The SMILES string of the molecule is CCC(CC)(CN)NC(=O)c1cc(C(N)=O)n(-c2ccccc2)n1.Cl. The number of rotatable bonds is 7. The van der Waals surface area contributed by atoms with Crippen molar-refractivity contribution in [3.8, 4) is 5.69 Å². The van der Waals surface area contributed by atoms with Crippen molar-refractivity contribution in [2.24, 2.45) is 11.5 Å². The third-order valence-corrected chi connectivity index (χ3v) is 4.32. The van der Waals surface area contributed by atoms with Gasteiger partial charge in [0.1, 0.15) is 5.69 Å². The molecule has 0 radical (unpaired) electrons. The predicted octanol–water partition coefficient (Wildman–Crippen LogP) is 1.64. The summed E-state index contributed by atoms with van der Waals surface area (Å²) in [5.41, 5.74) is 11.7. The summed E-state index contributed by atoms with van der Waals surface area (Å²) in [6, 6.07) is 10.4. The first-order chi connectivity index (χ1) is 11.5. The van der Waals surface area contributed by atoms with Gasteiger partial charge in [-0.3, -0.25) is 9.59 Å². The normalized spacial score (nSPS) is 10.8. The number of para-hydroxylation sites is 1. The first-order valence-corrected chi connectivity index (χ1v) is 7.94. The van der Waals surface area contributed by atoms with Gasteiger partial charge in [-0.2, -0.15) is 5.10 Å². The lowest BCUT2D eigenvalue weighted by Crippen LogP contribution is -2.53. The molecule has 0 saturated carbocycles. The highest BCUT2D eigenvalue weighted by molar-refractivity contribution is 5.98. The maximum Gasteiger partial charge on any atom is 0.272 e. The largest absolute Gasteiger partial charge is 0.364 e. The van der Waals surface area contributed by atoms with Crippen molar-refractivity contribution in [3.63, 3.8) is 0 Å². The summed E-state index contributed by atoms with van der Waals surface area (Å²) in [4.78, 5) is 24.3. The smallest absolute Gasteiger partial charge is 0.272 e. The number of carbonyl (C=O) groups excluding carboxylic acids is 2. The zero-order chi connectivity index (χ0) is 17.7. The molecule has 25 heavy (non-hydrogen) atoms. The lowest BCUT2D eigenvalue weighted by atomic mass is 9.93. The molecular formula is C17H24ClN5O2. The molecule has 0 aliphatic carbocycles. The third kappa shape index (κ3) is 4.37. The molecule has 2 amide bonds. The Balaban J connectivity index is 0.00000312. The molecule has 0 aliphatic heterocycles. The fourth-order valence-electron chi connectivity index (χ4n) is 2.50. The molecule has 0 unspecified atom stereocenters. The lowest BCUT2D eigenvalue weighted by Gasteiger charge is -2.31. The Hall–Kier alpha value is -2.38. The van der Waals surface area contributed by atoms with E-state index in [0.717, 1.165) is 0 Å². The second-order valence-electron chi connectivity index (χ2n) is 5.67. The Bertz CT molecular complexity index is 718. The van der Waals surface area contributed by atoms with Gasteiger partial charge in [0, 0.05) is 12.6 Å². The molecule has 2 aromatic rings. The van der Waals surface area contributed by atoms with E-state index < -0.39 is 11.4 Å². The molecule has 8 heteroatoms. The average Bonchev–Trinajstić information content (AvgIpc) is 3.06. The molecular weight excluding hydrogens is 342 g/mol. The number of hydrogen-bond acceptors (Lipinski definition) is 4. The Morgan fingerprint density at radius 2 is 1.80 bits per heavy atom. The Labute approximate surface area is 153 Å². The van der Waals surface area contributed by atoms with Gasteiger partial charge in [-0.05, 0) is 25.0 Å². The van der Waals surface area contributed by atoms with Crippen molar-refractivity contribution < 1.29 is 9.59 Å². The summed E-state index contributed by atoms with van der Waals surface area (Å²) in [7, 11) is 0. The van der Waals surface area contributed by atoms with E-state index in [2.05, 4.69) is 10.4 Å². The minimum absolute atomic E-state index is 0. The summed E-state index contributed by atoms with van der Waals surface area (Å²) in [5, 5.41) is 7.19. The number of halogens is 1. The Morgan fingerprint density at radius 1 is 1.20 bits per heavy atom. The highest BCUT2D eigenvalue weighted by Gasteiger charge is 2.28. The molecule has 1 aromatic heterocycles. The number of amides is 2. The van der Waals surface area contributed by atoms with Gasteiger partial charge in [0.25, 0.3) is 11.8 Å². The van der Waals surface area contributed by atoms with Crippen LogP contribution in [0.4, 0.5) is 0 Å². The summed E-state index contributed by atoms with van der Waals surface area (Å²) in [5.74, 6) is -1.03. The number of hydrogen-bond donors (Lipinski definition) is 3. The fourth-order valence-corrected chi connectivity index (χ4v) is 2.50. The zero-order valence-electron chi connectivity index (χ0n) is 14.4. The molecule has 0 saturated heterocycles. The number of nitrogens with one attached hydrogen (secondary N) is 1. The van der Waals surface area contributed by atoms with Crippen LogP contribution in [0.25, 0.3) is 5.69 Å². The third-order valence-electron chi connectivity index (χ3n) is 4.32. The number of primary amides is 1. The first-order valence-electron chi connectivity index (χ1n) is 7.94. The lowest BCUT2D eigenvalue weighted by molar-refractivity contribution is 0.0889. The van der Waals surface area contributed by atoms with Gasteiger partial charge >= 0.3 is 0 Å². The second-order valence-corrected chi connectivity index (χ2v) is 5.67. The average molecular weight is 366 g/mol. The van der Waals surface area contributed by atoms with Crippen LogP contribution in [-0.2, 0) is 0 Å². The Morgan fingerprint density at radius 3 is 2.28 bits per heavy atom. The van der Waals surface area contributed by atoms with Gasteiger partial charge in [0.2, 0.25) is 0 Å². The molecule has 1 aromatic carbocycles. The van der Waals surface area contributed by atoms with E-state index in [0.29, 0.717) is 25.1 Å². The molecule has 0 spiro atoms. The zero-order valence-corrected chi connectivity index (χ0v) is 15.2. The number of nitrogens with zero attached hydrogens (tertiary/aromatic N) is 2. The van der Waals surface area contributed by atoms with E-state index in [1.165, 1.54) is 10.7 Å². The minimum atomic E-state index is -0.651. The first kappa shape index (κ1) is 20.7. The monoisotopic (exact) mass is 365 g/mol. The van der Waals surface area contributed by atoms with Crippen molar-refractivity contribution in [2.45, 2.75) is 32.2 Å². The van der Waals surface area contributed by atoms with Crippen LogP contribution in [0, 0.1) is 0 Å². The highest BCUT2D eigenvalue weighted by atomic mass is 35.5. The molecule has 2 rings (SSSR count). The van der Waals surface area contributed by atoms with Crippen molar-refractivity contribution >= 4 is 24.2 Å². The van der Waals surface area contributed by atoms with Crippen molar-refractivity contribution in [1.29, 1.82) is 0 Å². The fraction of sp³-hybridized carbons (Fsp3) is 0.353. The topological polar surface area (TPSA) is 116 Å². The van der Waals surface area contributed by atoms with E-state index in [4.69, 9.17) is 11.5 Å². The van der Waals surface area contributed by atoms with E-state index in [1.807, 2.05) is 32.0 Å². The minimum Gasteiger partial charge on any atom is -0.364 e. The maximum atomic E-state index is 12.6. The molecule has 0 atom stereocenters. The summed E-state index contributed by atoms with van der Waals surface area (Å²) >= 11 is 0. The summed E-state index contributed by atoms with van der Waals surface area (Å²) in [6.07, 6.45) is 1.40. The summed E-state index contributed by atoms with van der Waals surface area (Å²) in [6.45, 7) is 4.26. The van der Waals surface area contributed by atoms with Crippen LogP contribution in [-0.4, -0.2) is 33.7 Å². The highest BCUT2D eigenvalue weighted by Crippen LogP contribution is 2.16. The van der Waals surface area contributed by atoms with Crippen LogP contribution in [0.15, 0.2) is 36.4 Å². The van der Waals surface area contributed by atoms with E-state index in [9.17, 15) is 9.59 Å². The quantitative estimate of drug-likeness (QED) is 0.691. The van der Waals surface area contributed by atoms with E-state index in [1.54, 1.807) is 12.1 Å². The molecule has 1 heterocycles. The predicted molar refractivity (Wildman–Crippen MR) is 99.2 cm³/mol. The van der Waals surface area contributed by atoms with Gasteiger partial charge in [-0.25, -0.2) is 4.68 Å². The number of aromatic nitrogens is 2. The molecule has 0 bridgehead atoms. The van der Waals surface area contributed by atoms with Crippen LogP contribution in [0.5, 0.6) is 0 Å². The number of nitrogens with two attached hydrogens (primary N) is 2. The molecule has 0 aliphatic rings. The Kier molecular flexibility index (Phi) is 7.14. The van der Waals surface area contributed by atoms with Crippen LogP contribution in [0.3, 0.4) is 0 Å². The van der Waals surface area contributed by atoms with Crippen LogP contribution < -0.4 is 16.8 Å². The van der Waals surface area contributed by atoms with Gasteiger partial charge in [0.05, 0.1) is 11.2 Å².